The average molecular weight is 333 g/mol. The standard InChI is InChI=1S/C7H9O4.C4H9.Sn/c1-5(7(9)11-3)4-6(8)10-2;1-3-4-2;/h1-3H3;1,3-4H2,2H3;. The van der Waals surface area contributed by atoms with E-state index in [2.05, 4.69) is 11.7 Å². The fraction of sp³-hybridized carbons (Fsp3) is 0.636. The zero-order valence-corrected chi connectivity index (χ0v) is 13.1. The molecule has 90 valence electrons. The van der Waals surface area contributed by atoms with Crippen molar-refractivity contribution in [1.29, 1.82) is 0 Å². The van der Waals surface area contributed by atoms with E-state index in [4.69, 9.17) is 4.74 Å². The van der Waals surface area contributed by atoms with Gasteiger partial charge < -0.3 is 0 Å². The minimum atomic E-state index is -1.03. The zero-order chi connectivity index (χ0) is 12.6. The van der Waals surface area contributed by atoms with Gasteiger partial charge in [-0.25, -0.2) is 0 Å². The molecule has 0 spiro atoms. The summed E-state index contributed by atoms with van der Waals surface area (Å²) in [5.41, 5.74) is 0.414. The first kappa shape index (κ1) is 15.5. The third kappa shape index (κ3) is 5.00. The second-order valence-corrected chi connectivity index (χ2v) is 7.13. The number of esters is 2. The molecule has 2 radical (unpaired) electrons. The van der Waals surface area contributed by atoms with Crippen LogP contribution in [0.4, 0.5) is 0 Å². The van der Waals surface area contributed by atoms with Crippen molar-refractivity contribution in [2.45, 2.75) is 31.1 Å². The van der Waals surface area contributed by atoms with Gasteiger partial charge in [0.05, 0.1) is 0 Å². The van der Waals surface area contributed by atoms with Crippen LogP contribution in [0.3, 0.4) is 0 Å². The van der Waals surface area contributed by atoms with Crippen LogP contribution in [0, 0.1) is 0 Å². The summed E-state index contributed by atoms with van der Waals surface area (Å²) >= 11 is -1.03. The maximum atomic E-state index is 11.5. The van der Waals surface area contributed by atoms with Gasteiger partial charge in [0.2, 0.25) is 0 Å². The van der Waals surface area contributed by atoms with E-state index in [1.165, 1.54) is 14.2 Å². The molecule has 0 fully saturated rings. The van der Waals surface area contributed by atoms with Gasteiger partial charge in [-0.3, -0.25) is 0 Å². The summed E-state index contributed by atoms with van der Waals surface area (Å²) in [6.45, 7) is 3.74. The van der Waals surface area contributed by atoms with Crippen molar-refractivity contribution >= 4 is 33.1 Å². The summed E-state index contributed by atoms with van der Waals surface area (Å²) in [6, 6.07) is 0. The number of carbonyl (C=O) groups excluding carboxylic acids is 2. The Morgan fingerprint density at radius 1 is 1.12 bits per heavy atom. The molecular formula is C11H18O4Sn. The molecule has 0 saturated carbocycles. The summed E-state index contributed by atoms with van der Waals surface area (Å²) < 4.78 is 10.9. The average Bonchev–Trinajstić information content (AvgIpc) is 2.32. The predicted molar refractivity (Wildman–Crippen MR) is 62.2 cm³/mol. The van der Waals surface area contributed by atoms with Crippen molar-refractivity contribution in [1.82, 2.24) is 0 Å². The van der Waals surface area contributed by atoms with Gasteiger partial charge in [-0.05, 0) is 0 Å². The SMILES string of the molecule is CCC[CH2][Sn]/[C](C(=O)OC)=C(\C)C(=O)OC. The van der Waals surface area contributed by atoms with E-state index in [1.807, 2.05) is 0 Å². The number of hydrogen-bond donors (Lipinski definition) is 0. The van der Waals surface area contributed by atoms with E-state index < -0.39 is 27.1 Å². The molecule has 0 rings (SSSR count). The molecule has 5 heteroatoms. The minimum absolute atomic E-state index is 0.370. The van der Waals surface area contributed by atoms with Gasteiger partial charge in [-0.1, -0.05) is 0 Å². The van der Waals surface area contributed by atoms with E-state index in [0.29, 0.717) is 9.16 Å². The number of rotatable bonds is 6. The first-order chi connectivity index (χ1) is 7.58. The molecule has 0 aromatic carbocycles. The van der Waals surface area contributed by atoms with Gasteiger partial charge in [0.15, 0.2) is 0 Å². The van der Waals surface area contributed by atoms with E-state index in [1.54, 1.807) is 6.92 Å². The summed E-state index contributed by atoms with van der Waals surface area (Å²) in [6.07, 6.45) is 2.20. The molecule has 4 nitrogen and oxygen atoms in total. The van der Waals surface area contributed by atoms with Crippen molar-refractivity contribution in [3.8, 4) is 0 Å². The first-order valence-corrected chi connectivity index (χ1v) is 8.64. The summed E-state index contributed by atoms with van der Waals surface area (Å²) in [7, 11) is 2.66. The number of ether oxygens (including phenoxy) is 2. The summed E-state index contributed by atoms with van der Waals surface area (Å²) in [4.78, 5) is 22.9. The van der Waals surface area contributed by atoms with Crippen LogP contribution in [0.1, 0.15) is 26.7 Å². The Hall–Kier alpha value is -0.521. The fourth-order valence-electron chi connectivity index (χ4n) is 1.11. The topological polar surface area (TPSA) is 52.6 Å². The van der Waals surface area contributed by atoms with Crippen LogP contribution in [0.2, 0.25) is 4.44 Å². The van der Waals surface area contributed by atoms with Crippen molar-refractivity contribution in [3.63, 3.8) is 0 Å². The van der Waals surface area contributed by atoms with Crippen molar-refractivity contribution in [2.24, 2.45) is 0 Å². The Morgan fingerprint density at radius 3 is 2.12 bits per heavy atom. The number of methoxy groups -OCH3 is 2. The zero-order valence-electron chi connectivity index (χ0n) is 10.3. The van der Waals surface area contributed by atoms with Gasteiger partial charge in [-0.15, -0.1) is 0 Å². The first-order valence-electron chi connectivity index (χ1n) is 5.19. The summed E-state index contributed by atoms with van der Waals surface area (Å²) in [5.74, 6) is -0.802. The Balaban J connectivity index is 4.77. The Morgan fingerprint density at radius 2 is 1.69 bits per heavy atom. The van der Waals surface area contributed by atoms with E-state index in [0.717, 1.165) is 17.3 Å². The van der Waals surface area contributed by atoms with Crippen molar-refractivity contribution < 1.29 is 19.1 Å². The van der Waals surface area contributed by atoms with Crippen molar-refractivity contribution in [3.05, 3.63) is 9.16 Å². The predicted octanol–water partition coefficient (Wildman–Crippen LogP) is 1.53. The fourth-order valence-corrected chi connectivity index (χ4v) is 5.08. The molecule has 0 aliphatic carbocycles. The quantitative estimate of drug-likeness (QED) is 0.320. The van der Waals surface area contributed by atoms with Crippen molar-refractivity contribution in [2.75, 3.05) is 14.2 Å². The normalized spacial score (nSPS) is 11.8. The molecule has 0 aliphatic heterocycles. The molecular weight excluding hydrogens is 315 g/mol. The molecule has 0 bridgehead atoms. The number of unbranched alkanes of at least 4 members (excludes halogenated alkanes) is 1. The van der Waals surface area contributed by atoms with E-state index in [-0.39, 0.29) is 5.97 Å². The Kier molecular flexibility index (Phi) is 8.33. The van der Waals surface area contributed by atoms with Gasteiger partial charge >= 0.3 is 107 Å². The Labute approximate surface area is 107 Å². The monoisotopic (exact) mass is 334 g/mol. The molecule has 0 aromatic rings. The molecule has 0 aromatic heterocycles. The molecule has 16 heavy (non-hydrogen) atoms. The third-order valence-electron chi connectivity index (χ3n) is 2.09. The van der Waals surface area contributed by atoms with Gasteiger partial charge in [0.25, 0.3) is 0 Å². The van der Waals surface area contributed by atoms with E-state index >= 15 is 0 Å². The van der Waals surface area contributed by atoms with Gasteiger partial charge in [0.1, 0.15) is 0 Å². The molecule has 0 atom stereocenters. The Bertz CT molecular complexity index is 284. The van der Waals surface area contributed by atoms with E-state index in [9.17, 15) is 9.59 Å². The second-order valence-electron chi connectivity index (χ2n) is 3.26. The summed E-state index contributed by atoms with van der Waals surface area (Å²) in [5, 5.41) is 0. The van der Waals surface area contributed by atoms with Gasteiger partial charge in [0, 0.05) is 0 Å². The van der Waals surface area contributed by atoms with Crippen LogP contribution >= 0.6 is 0 Å². The molecule has 0 saturated heterocycles. The number of carbonyl (C=O) groups is 2. The second kappa shape index (κ2) is 8.61. The maximum absolute atomic E-state index is 11.5. The molecule has 0 N–H and O–H groups in total. The third-order valence-corrected chi connectivity index (χ3v) is 6.47. The van der Waals surface area contributed by atoms with Crippen LogP contribution in [0.5, 0.6) is 0 Å². The van der Waals surface area contributed by atoms with Crippen LogP contribution in [0.25, 0.3) is 0 Å². The van der Waals surface area contributed by atoms with Crippen LogP contribution in [0.15, 0.2) is 9.16 Å². The molecule has 0 unspecified atom stereocenters. The molecule has 0 heterocycles. The van der Waals surface area contributed by atoms with Crippen LogP contribution in [-0.4, -0.2) is 47.3 Å². The number of hydrogen-bond acceptors (Lipinski definition) is 4. The van der Waals surface area contributed by atoms with Gasteiger partial charge in [-0.2, -0.15) is 0 Å². The van der Waals surface area contributed by atoms with Crippen LogP contribution < -0.4 is 0 Å². The molecule has 0 amide bonds. The van der Waals surface area contributed by atoms with Crippen LogP contribution in [-0.2, 0) is 19.1 Å². The molecule has 0 aliphatic rings.